The molecule has 1 aromatic rings. The number of carbonyl (C=O) groups excluding carboxylic acids is 1. The molecule has 1 aromatic carbocycles. The highest BCUT2D eigenvalue weighted by molar-refractivity contribution is 5.77. The summed E-state index contributed by atoms with van der Waals surface area (Å²) in [5.74, 6) is 0.725. The van der Waals surface area contributed by atoms with Crippen LogP contribution in [0.15, 0.2) is 18.2 Å². The van der Waals surface area contributed by atoms with Gasteiger partial charge in [0.15, 0.2) is 0 Å². The minimum absolute atomic E-state index is 0.474. The molecular weight excluding hydrogens is 182 g/mol. The average Bonchev–Trinajstić information content (AvgIpc) is 2.25. The zero-order valence-corrected chi connectivity index (χ0v) is 8.24. The zero-order chi connectivity index (χ0) is 10.4. The van der Waals surface area contributed by atoms with Crippen LogP contribution in [0.3, 0.4) is 0 Å². The molecule has 76 valence electrons. The Morgan fingerprint density at radius 2 is 2.21 bits per heavy atom. The van der Waals surface area contributed by atoms with Crippen LogP contribution in [0.1, 0.15) is 15.9 Å². The first-order chi connectivity index (χ1) is 6.81. The highest BCUT2D eigenvalue weighted by atomic mass is 16.6. The Kier molecular flexibility index (Phi) is 4.10. The van der Waals surface area contributed by atoms with Gasteiger partial charge in [0.1, 0.15) is 12.0 Å². The van der Waals surface area contributed by atoms with Crippen molar-refractivity contribution in [3.63, 3.8) is 0 Å². The van der Waals surface area contributed by atoms with E-state index in [0.29, 0.717) is 12.1 Å². The third kappa shape index (κ3) is 2.55. The number of aldehydes is 1. The van der Waals surface area contributed by atoms with Gasteiger partial charge in [-0.1, -0.05) is 0 Å². The summed E-state index contributed by atoms with van der Waals surface area (Å²) in [6, 6.07) is 5.27. The van der Waals surface area contributed by atoms with E-state index in [1.54, 1.807) is 25.3 Å². The van der Waals surface area contributed by atoms with E-state index in [1.165, 1.54) is 7.11 Å². The van der Waals surface area contributed by atoms with Crippen LogP contribution in [0.2, 0.25) is 0 Å². The molecule has 0 fully saturated rings. The number of rotatable bonds is 5. The van der Waals surface area contributed by atoms with Gasteiger partial charge in [0.25, 0.3) is 0 Å². The number of ether oxygens (including phenoxy) is 1. The number of carbonyl (C=O) groups is 1. The van der Waals surface area contributed by atoms with E-state index in [4.69, 9.17) is 9.57 Å². The van der Waals surface area contributed by atoms with Crippen molar-refractivity contribution in [3.8, 4) is 5.75 Å². The fourth-order valence-electron chi connectivity index (χ4n) is 1.13. The van der Waals surface area contributed by atoms with Crippen LogP contribution >= 0.6 is 0 Å². The van der Waals surface area contributed by atoms with Crippen molar-refractivity contribution < 1.29 is 14.4 Å². The molecule has 0 atom stereocenters. The Morgan fingerprint density at radius 3 is 2.79 bits per heavy atom. The highest BCUT2D eigenvalue weighted by Gasteiger charge is 2.02. The molecule has 14 heavy (non-hydrogen) atoms. The lowest BCUT2D eigenvalue weighted by Crippen LogP contribution is -2.12. The van der Waals surface area contributed by atoms with Gasteiger partial charge in [0.2, 0.25) is 0 Å². The monoisotopic (exact) mass is 195 g/mol. The maximum atomic E-state index is 10.7. The van der Waals surface area contributed by atoms with Crippen LogP contribution in [0.4, 0.5) is 0 Å². The lowest BCUT2D eigenvalue weighted by atomic mass is 10.1. The Balaban J connectivity index is 2.90. The van der Waals surface area contributed by atoms with Crippen LogP contribution in [0, 0.1) is 0 Å². The number of methoxy groups -OCH3 is 1. The summed E-state index contributed by atoms with van der Waals surface area (Å²) >= 11 is 0. The van der Waals surface area contributed by atoms with Crippen molar-refractivity contribution in [2.45, 2.75) is 6.54 Å². The van der Waals surface area contributed by atoms with Gasteiger partial charge in [-0.15, -0.1) is 0 Å². The third-order valence-electron chi connectivity index (χ3n) is 1.88. The number of nitrogens with one attached hydrogen (secondary N) is 1. The molecule has 0 aliphatic heterocycles. The van der Waals surface area contributed by atoms with Crippen LogP contribution in [-0.2, 0) is 11.4 Å². The molecule has 0 amide bonds. The second-order valence-corrected chi connectivity index (χ2v) is 2.71. The van der Waals surface area contributed by atoms with E-state index in [2.05, 4.69) is 5.48 Å². The minimum atomic E-state index is 0.474. The largest absolute Gasteiger partial charge is 0.497 e. The molecule has 0 saturated heterocycles. The van der Waals surface area contributed by atoms with Gasteiger partial charge < -0.3 is 9.57 Å². The summed E-state index contributed by atoms with van der Waals surface area (Å²) in [4.78, 5) is 15.4. The molecular formula is C10H13NO3. The van der Waals surface area contributed by atoms with E-state index in [0.717, 1.165) is 17.6 Å². The molecule has 0 unspecified atom stereocenters. The molecule has 0 spiro atoms. The molecule has 4 nitrogen and oxygen atoms in total. The van der Waals surface area contributed by atoms with E-state index in [-0.39, 0.29) is 0 Å². The van der Waals surface area contributed by atoms with Crippen molar-refractivity contribution >= 4 is 6.29 Å². The predicted octanol–water partition coefficient (Wildman–Crippen LogP) is 1.16. The zero-order valence-electron chi connectivity index (χ0n) is 8.24. The fourth-order valence-corrected chi connectivity index (χ4v) is 1.13. The number of benzene rings is 1. The summed E-state index contributed by atoms with van der Waals surface area (Å²) in [6.45, 7) is 0.474. The minimum Gasteiger partial charge on any atom is -0.497 e. The van der Waals surface area contributed by atoms with E-state index in [1.807, 2.05) is 0 Å². The second kappa shape index (κ2) is 5.36. The lowest BCUT2D eigenvalue weighted by Gasteiger charge is -2.07. The summed E-state index contributed by atoms with van der Waals surface area (Å²) in [5.41, 5.74) is 4.16. The molecule has 0 radical (unpaired) electrons. The summed E-state index contributed by atoms with van der Waals surface area (Å²) in [5, 5.41) is 0. The Bertz CT molecular complexity index is 312. The topological polar surface area (TPSA) is 47.6 Å². The maximum absolute atomic E-state index is 10.7. The summed E-state index contributed by atoms with van der Waals surface area (Å²) in [6.07, 6.45) is 0.812. The molecule has 0 saturated carbocycles. The number of hydrogen-bond donors (Lipinski definition) is 1. The van der Waals surface area contributed by atoms with Crippen molar-refractivity contribution in [3.05, 3.63) is 29.3 Å². The van der Waals surface area contributed by atoms with Crippen LogP contribution in [0.5, 0.6) is 5.75 Å². The Labute approximate surface area is 82.8 Å². The van der Waals surface area contributed by atoms with E-state index >= 15 is 0 Å². The van der Waals surface area contributed by atoms with E-state index < -0.39 is 0 Å². The molecule has 1 N–H and O–H groups in total. The average molecular weight is 195 g/mol. The highest BCUT2D eigenvalue weighted by Crippen LogP contribution is 2.16. The molecule has 1 rings (SSSR count). The fraction of sp³-hybridized carbons (Fsp3) is 0.300. The third-order valence-corrected chi connectivity index (χ3v) is 1.88. The lowest BCUT2D eigenvalue weighted by molar-refractivity contribution is 0.0863. The predicted molar refractivity (Wildman–Crippen MR) is 52.2 cm³/mol. The molecule has 0 aliphatic rings. The first kappa shape index (κ1) is 10.7. The molecule has 0 aliphatic carbocycles. The molecule has 0 bridgehead atoms. The van der Waals surface area contributed by atoms with Gasteiger partial charge in [0.05, 0.1) is 14.2 Å². The van der Waals surface area contributed by atoms with Crippen LogP contribution < -0.4 is 10.2 Å². The van der Waals surface area contributed by atoms with Crippen molar-refractivity contribution in [2.24, 2.45) is 0 Å². The first-order valence-corrected chi connectivity index (χ1v) is 4.19. The quantitative estimate of drug-likeness (QED) is 0.565. The maximum Gasteiger partial charge on any atom is 0.150 e. The normalized spacial score (nSPS) is 9.86. The molecule has 4 heteroatoms. The van der Waals surface area contributed by atoms with Crippen molar-refractivity contribution in [1.29, 1.82) is 0 Å². The Morgan fingerprint density at radius 1 is 1.43 bits per heavy atom. The van der Waals surface area contributed by atoms with Gasteiger partial charge in [0, 0.05) is 12.1 Å². The van der Waals surface area contributed by atoms with Crippen LogP contribution in [-0.4, -0.2) is 20.5 Å². The summed E-state index contributed by atoms with van der Waals surface area (Å²) in [7, 11) is 3.12. The van der Waals surface area contributed by atoms with Crippen molar-refractivity contribution in [1.82, 2.24) is 5.48 Å². The number of hydrogen-bond acceptors (Lipinski definition) is 4. The van der Waals surface area contributed by atoms with Gasteiger partial charge in [-0.3, -0.25) is 4.79 Å². The smallest absolute Gasteiger partial charge is 0.150 e. The standard InChI is InChI=1S/C10H13NO3/c1-13-10-4-3-8(7-12)9(5-10)6-11-14-2/h3-5,7,11H,6H2,1-2H3. The summed E-state index contributed by atoms with van der Waals surface area (Å²) < 4.78 is 5.05. The van der Waals surface area contributed by atoms with Gasteiger partial charge in [-0.05, 0) is 23.8 Å². The number of hydroxylamine groups is 1. The molecule has 0 heterocycles. The van der Waals surface area contributed by atoms with Gasteiger partial charge in [-0.2, -0.15) is 5.48 Å². The second-order valence-electron chi connectivity index (χ2n) is 2.71. The van der Waals surface area contributed by atoms with E-state index in [9.17, 15) is 4.79 Å². The van der Waals surface area contributed by atoms with Gasteiger partial charge in [-0.25, -0.2) is 0 Å². The SMILES string of the molecule is CONCc1cc(OC)ccc1C=O. The van der Waals surface area contributed by atoms with Crippen molar-refractivity contribution in [2.75, 3.05) is 14.2 Å². The molecule has 0 aromatic heterocycles. The van der Waals surface area contributed by atoms with Crippen LogP contribution in [0.25, 0.3) is 0 Å². The van der Waals surface area contributed by atoms with Gasteiger partial charge >= 0.3 is 0 Å². The Hall–Kier alpha value is -1.39. The first-order valence-electron chi connectivity index (χ1n) is 4.19.